The maximum Gasteiger partial charge on any atom is 0.573 e. The van der Waals surface area contributed by atoms with E-state index in [1.54, 1.807) is 53.2 Å². The summed E-state index contributed by atoms with van der Waals surface area (Å²) in [6, 6.07) is 55.9. The highest BCUT2D eigenvalue weighted by Crippen LogP contribution is 2.44. The average Bonchev–Trinajstić information content (AvgIpc) is 1.73. The number of carbonyl (C=O) groups excluding carboxylic acids is 7. The molecule has 9 aliphatic rings. The number of para-hydroxylation sites is 1. The lowest BCUT2D eigenvalue weighted by atomic mass is 9.99. The number of aliphatic hydroxyl groups excluding tert-OH is 1. The zero-order valence-corrected chi connectivity index (χ0v) is 71.9. The number of nitrogen functional groups attached to an aromatic ring is 7. The van der Waals surface area contributed by atoms with Crippen LogP contribution in [0.3, 0.4) is 0 Å². The molecule has 9 aliphatic heterocycles. The summed E-state index contributed by atoms with van der Waals surface area (Å²) in [5.41, 5.74) is 70.5. The van der Waals surface area contributed by atoms with Gasteiger partial charge in [-0.05, 0) is 197 Å². The average molecular weight is 1760 g/mol. The Labute approximate surface area is 742 Å². The number of rotatable bonds is 10. The van der Waals surface area contributed by atoms with Crippen LogP contribution in [0.15, 0.2) is 182 Å². The largest absolute Gasteiger partial charge is 0.573 e. The molecule has 0 bridgehead atoms. The number of aliphatic hydroxyl groups is 1. The van der Waals surface area contributed by atoms with Gasteiger partial charge in [0.05, 0.1) is 77.7 Å². The molecular weight excluding hydrogens is 1660 g/mol. The predicted octanol–water partition coefficient (Wildman–Crippen LogP) is 14.7. The number of alkyl halides is 3. The van der Waals surface area contributed by atoms with Gasteiger partial charge < -0.3 is 101 Å². The molecule has 26 nitrogen and oxygen atoms in total. The van der Waals surface area contributed by atoms with Crippen LogP contribution >= 0.6 is 23.2 Å². The molecule has 656 valence electrons. The molecule has 31 heteroatoms. The first-order chi connectivity index (χ1) is 60.7. The van der Waals surface area contributed by atoms with Crippen LogP contribution in [0.25, 0.3) is 33.4 Å². The standard InChI is InChI=1S/C17H17N3O.C15H11F3N2O2.C15H14N2O.C14H10Cl2N2O.C14H20N4O.C11H14N2O2.C10H12N2O/c18-14-9-15-13(8-17(21)19-15)7-16(14)20-6-5-11-3-1-2-4-12(11)10-20;16-15(17,18)22-13-4-2-1-3-9(13)10-5-8-6-14(21)20-12(8)7-11(10)19;1-9-2-4-10(5-3-9)12-6-11-7-15(18)17-14(11)8-13(12)16;15-10-2-1-7(4-11(10)16)9-3-8-5-14(19)18-13(8)6-12(9)17;1-2-17-3-5-18(6-4-17)13-7-10-8-14(19)16-12(10)9-11(13)15;12-9-3-2-8-6-11(15)13(4-1-5-14)10(8)7-9;1-6-3-7-4-10(13)12(2)9(7)5-8(6)11/h1-4,7,9H,5-6,8,10,18H2,(H,19,21);1-5,7H,6,19H2,(H,20,21);2-6,8H,7,16H2,1H3,(H,17,18);1-4,6H,5,17H2,(H,18,19);7,9H,2-6,8,15H2,1H3,(H,16,19);2-3,7,14H,1,4-6,12H2;3,5H,4,11H2,1-2H3. The van der Waals surface area contributed by atoms with Gasteiger partial charge in [0.25, 0.3) is 0 Å². The molecule has 20 rings (SSSR count). The number of benzene rings is 11. The normalized spacial score (nSPS) is 15.1. The minimum absolute atomic E-state index is 0.0133. The third-order valence-electron chi connectivity index (χ3n) is 23.2. The number of hydrogen-bond acceptors (Lipinski definition) is 19. The Morgan fingerprint density at radius 2 is 0.898 bits per heavy atom. The van der Waals surface area contributed by atoms with Crippen LogP contribution in [0.1, 0.15) is 74.5 Å². The number of anilines is 16. The van der Waals surface area contributed by atoms with Crippen LogP contribution in [0.4, 0.5) is 104 Å². The van der Waals surface area contributed by atoms with Gasteiger partial charge in [0.1, 0.15) is 5.75 Å². The molecule has 11 aromatic rings. The lowest BCUT2D eigenvalue weighted by Crippen LogP contribution is -2.46. The Balaban J connectivity index is 0.000000121. The molecule has 1 fully saturated rings. The van der Waals surface area contributed by atoms with Crippen LogP contribution in [-0.2, 0) is 91.5 Å². The molecule has 0 aromatic heterocycles. The van der Waals surface area contributed by atoms with Gasteiger partial charge in [-0.25, -0.2) is 0 Å². The predicted molar refractivity (Wildman–Crippen MR) is 501 cm³/mol. The third-order valence-corrected chi connectivity index (χ3v) is 24.0. The molecule has 0 unspecified atom stereocenters. The Kier molecular flexibility index (Phi) is 26.9. The molecule has 1 saturated heterocycles. The van der Waals surface area contributed by atoms with Gasteiger partial charge >= 0.3 is 6.36 Å². The molecule has 7 amide bonds. The summed E-state index contributed by atoms with van der Waals surface area (Å²) in [6.07, 6.45) is -0.301. The monoisotopic (exact) mass is 1760 g/mol. The smallest absolute Gasteiger partial charge is 0.405 e. The number of aryl methyl sites for hydroxylation is 2. The summed E-state index contributed by atoms with van der Waals surface area (Å²) in [5.74, 6) is -0.159. The van der Waals surface area contributed by atoms with E-state index in [-0.39, 0.29) is 71.4 Å². The number of nitrogens with two attached hydrogens (primary N) is 7. The van der Waals surface area contributed by atoms with Crippen LogP contribution in [0, 0.1) is 13.8 Å². The molecule has 0 aliphatic carbocycles. The van der Waals surface area contributed by atoms with Crippen molar-refractivity contribution in [2.75, 3.05) is 146 Å². The van der Waals surface area contributed by atoms with Crippen LogP contribution < -0.4 is 91.1 Å². The quantitative estimate of drug-likeness (QED) is 0.0566. The lowest BCUT2D eigenvalue weighted by molar-refractivity contribution is -0.274. The van der Waals surface area contributed by atoms with Gasteiger partial charge in [-0.3, -0.25) is 33.6 Å². The van der Waals surface area contributed by atoms with Gasteiger partial charge in [0, 0.05) is 150 Å². The fraction of sp³-hybridized carbons (Fsp3) is 0.240. The Morgan fingerprint density at radius 1 is 0.417 bits per heavy atom. The molecule has 0 atom stereocenters. The first-order valence-corrected chi connectivity index (χ1v) is 42.2. The lowest BCUT2D eigenvalue weighted by Gasteiger charge is -2.36. The second kappa shape index (κ2) is 38.2. The maximum atomic E-state index is 12.5. The summed E-state index contributed by atoms with van der Waals surface area (Å²) in [5, 5.41) is 23.6. The highest BCUT2D eigenvalue weighted by molar-refractivity contribution is 6.42. The molecular formula is C96H98Cl2F3N17O9. The number of piperazine rings is 1. The molecule has 0 saturated carbocycles. The summed E-state index contributed by atoms with van der Waals surface area (Å²) in [7, 11) is 1.78. The van der Waals surface area contributed by atoms with E-state index in [1.807, 2.05) is 73.7 Å². The highest BCUT2D eigenvalue weighted by atomic mass is 35.5. The summed E-state index contributed by atoms with van der Waals surface area (Å²) in [4.78, 5) is 90.4. The zero-order chi connectivity index (χ0) is 90.4. The number of ether oxygens (including phenoxy) is 1. The van der Waals surface area contributed by atoms with E-state index in [9.17, 15) is 46.7 Å². The van der Waals surface area contributed by atoms with E-state index in [2.05, 4.69) is 121 Å². The first-order valence-electron chi connectivity index (χ1n) is 41.4. The minimum Gasteiger partial charge on any atom is -0.405 e. The number of halogens is 5. The van der Waals surface area contributed by atoms with Gasteiger partial charge in [-0.2, -0.15) is 0 Å². The van der Waals surface area contributed by atoms with Crippen molar-refractivity contribution < 1.29 is 56.6 Å². The van der Waals surface area contributed by atoms with E-state index < -0.39 is 6.36 Å². The van der Waals surface area contributed by atoms with E-state index in [0.29, 0.717) is 95.4 Å². The Bertz CT molecular complexity index is 6160. The number of likely N-dealkylation sites (N-methyl/N-ethyl adjacent to an activating group) is 2. The van der Waals surface area contributed by atoms with Crippen molar-refractivity contribution in [1.82, 2.24) is 4.90 Å². The van der Waals surface area contributed by atoms with E-state index >= 15 is 0 Å². The van der Waals surface area contributed by atoms with Crippen LogP contribution in [0.5, 0.6) is 5.75 Å². The molecule has 11 aromatic carbocycles. The summed E-state index contributed by atoms with van der Waals surface area (Å²) < 4.78 is 41.5. The van der Waals surface area contributed by atoms with E-state index in [4.69, 9.17) is 68.4 Å². The Hall–Kier alpha value is -14.0. The number of amides is 7. The topological polar surface area (TPSA) is 407 Å². The number of fused-ring (bicyclic) bond motifs is 8. The number of carbonyl (C=O) groups is 7. The molecule has 20 N–H and O–H groups in total. The van der Waals surface area contributed by atoms with Gasteiger partial charge in [0.2, 0.25) is 41.4 Å². The molecule has 0 radical (unpaired) electrons. The van der Waals surface area contributed by atoms with Crippen LogP contribution in [0.2, 0.25) is 10.0 Å². The maximum absolute atomic E-state index is 12.5. The highest BCUT2D eigenvalue weighted by Gasteiger charge is 2.34. The van der Waals surface area contributed by atoms with Gasteiger partial charge in [-0.1, -0.05) is 121 Å². The van der Waals surface area contributed by atoms with Crippen molar-refractivity contribution in [3.8, 4) is 39.1 Å². The number of nitrogens with one attached hydrogen (secondary N) is 5. The van der Waals surface area contributed by atoms with E-state index in [1.165, 1.54) is 34.9 Å². The van der Waals surface area contributed by atoms with E-state index in [0.717, 1.165) is 176 Å². The van der Waals surface area contributed by atoms with Crippen molar-refractivity contribution in [3.05, 3.63) is 253 Å². The third kappa shape index (κ3) is 21.0. The van der Waals surface area contributed by atoms with Crippen LogP contribution in [-0.4, -0.2) is 117 Å². The number of nitrogens with zero attached hydrogens (tertiary/aromatic N) is 5. The Morgan fingerprint density at radius 3 is 1.43 bits per heavy atom. The van der Waals surface area contributed by atoms with Crippen molar-refractivity contribution in [3.63, 3.8) is 0 Å². The first kappa shape index (κ1) is 89.3. The van der Waals surface area contributed by atoms with Crippen molar-refractivity contribution in [2.24, 2.45) is 0 Å². The fourth-order valence-corrected chi connectivity index (χ4v) is 16.8. The molecule has 9 heterocycles. The fourth-order valence-electron chi connectivity index (χ4n) is 16.5. The van der Waals surface area contributed by atoms with Gasteiger partial charge in [0.15, 0.2) is 0 Å². The second-order valence-corrected chi connectivity index (χ2v) is 32.9. The zero-order valence-electron chi connectivity index (χ0n) is 70.4. The second-order valence-electron chi connectivity index (χ2n) is 32.1. The van der Waals surface area contributed by atoms with Crippen molar-refractivity contribution in [2.45, 2.75) is 91.5 Å². The van der Waals surface area contributed by atoms with Gasteiger partial charge in [-0.15, -0.1) is 13.2 Å². The summed E-state index contributed by atoms with van der Waals surface area (Å²) >= 11 is 11.9. The molecule has 127 heavy (non-hydrogen) atoms. The summed E-state index contributed by atoms with van der Waals surface area (Å²) in [6.45, 7) is 13.9. The van der Waals surface area contributed by atoms with Crippen molar-refractivity contribution >= 4 is 156 Å². The molecule has 0 spiro atoms. The van der Waals surface area contributed by atoms with Crippen molar-refractivity contribution in [1.29, 1.82) is 0 Å². The minimum atomic E-state index is -4.79. The SMILES string of the molecule is CCN1CCN(c2cc3c(cc2N)NC(=O)C3)CC1.Cc1cc2c(cc1N)N(C)C(=O)C2.Cc1ccc(-c2cc3c(cc2N)NC(=O)C3)cc1.Nc1cc2c(cc1-c1ccc(Cl)c(Cl)c1)CC(=O)N2.Nc1cc2c(cc1-c1ccccc1OC(F)(F)F)CC(=O)N2.Nc1cc2c(cc1N1CCc3ccccc3C1)CC(=O)N2.Nc1ccc2c(c1)N(CCCO)C(=O)C2. The number of hydrogen-bond donors (Lipinski definition) is 13.